The lowest BCUT2D eigenvalue weighted by molar-refractivity contribution is 0.560. The summed E-state index contributed by atoms with van der Waals surface area (Å²) in [6.45, 7) is 15.9. The Morgan fingerprint density at radius 3 is 1.65 bits per heavy atom. The van der Waals surface area contributed by atoms with Crippen molar-refractivity contribution in [1.29, 1.82) is 0 Å². The molecule has 0 fully saturated rings. The van der Waals surface area contributed by atoms with E-state index in [0.717, 1.165) is 13.2 Å². The maximum absolute atomic E-state index is 2.41. The monoisotopic (exact) mass is 306 g/mol. The Morgan fingerprint density at radius 2 is 1.22 bits per heavy atom. The summed E-state index contributed by atoms with van der Waals surface area (Å²) in [6.07, 6.45) is 2.45. The van der Waals surface area contributed by atoms with Crippen LogP contribution >= 0.6 is 0 Å². The van der Waals surface area contributed by atoms with Crippen LogP contribution in [0.25, 0.3) is 0 Å². The zero-order chi connectivity index (χ0) is 17.1. The van der Waals surface area contributed by atoms with Crippen LogP contribution in [-0.2, 0) is 6.42 Å². The van der Waals surface area contributed by atoms with Gasteiger partial charge in [0.05, 0.1) is 0 Å². The van der Waals surface area contributed by atoms with Gasteiger partial charge in [0.1, 0.15) is 0 Å². The number of hydrogen-bond acceptors (Lipinski definition) is 0. The van der Waals surface area contributed by atoms with E-state index in [-0.39, 0.29) is 0 Å². The molecular formula is C22H31B. The predicted octanol–water partition coefficient (Wildman–Crippen LogP) is 4.20. The minimum atomic E-state index is 0.765. The van der Waals surface area contributed by atoms with E-state index in [1.807, 2.05) is 0 Å². The minimum Gasteiger partial charge on any atom is -0.0728 e. The van der Waals surface area contributed by atoms with E-state index in [1.54, 1.807) is 0 Å². The van der Waals surface area contributed by atoms with E-state index in [1.165, 1.54) is 57.1 Å². The third-order valence-corrected chi connectivity index (χ3v) is 5.23. The highest BCUT2D eigenvalue weighted by atomic mass is 14.1. The topological polar surface area (TPSA) is 0 Å². The van der Waals surface area contributed by atoms with Gasteiger partial charge in [-0.2, -0.15) is 0 Å². The van der Waals surface area contributed by atoms with Crippen molar-refractivity contribution in [3.05, 3.63) is 57.6 Å². The van der Waals surface area contributed by atoms with Crippen LogP contribution in [0.2, 0.25) is 0 Å². The first kappa shape index (κ1) is 17.9. The van der Waals surface area contributed by atoms with Gasteiger partial charge in [-0.3, -0.25) is 0 Å². The van der Waals surface area contributed by atoms with E-state index >= 15 is 0 Å². The zero-order valence-electron chi connectivity index (χ0n) is 16.0. The third-order valence-electron chi connectivity index (χ3n) is 5.23. The Balaban J connectivity index is 2.34. The van der Waals surface area contributed by atoms with Crippen molar-refractivity contribution in [1.82, 2.24) is 0 Å². The SMILES string of the molecule is CCC(C)Cc1cc(C)c(Bc2c(C)cc(C)cc2C)c(C)c1. The Kier molecular flexibility index (Phi) is 5.73. The van der Waals surface area contributed by atoms with Crippen LogP contribution in [-0.4, -0.2) is 7.28 Å². The highest BCUT2D eigenvalue weighted by molar-refractivity contribution is 6.69. The molecular weight excluding hydrogens is 275 g/mol. The summed E-state index contributed by atoms with van der Waals surface area (Å²) in [7, 11) is 1.05. The van der Waals surface area contributed by atoms with Gasteiger partial charge in [0.2, 0.25) is 0 Å². The molecule has 23 heavy (non-hydrogen) atoms. The molecule has 0 aromatic heterocycles. The van der Waals surface area contributed by atoms with Crippen molar-refractivity contribution in [2.45, 2.75) is 61.3 Å². The summed E-state index contributed by atoms with van der Waals surface area (Å²) in [5.41, 5.74) is 11.6. The van der Waals surface area contributed by atoms with Crippen LogP contribution < -0.4 is 10.9 Å². The van der Waals surface area contributed by atoms with Gasteiger partial charge in [0, 0.05) is 0 Å². The van der Waals surface area contributed by atoms with Gasteiger partial charge >= 0.3 is 0 Å². The van der Waals surface area contributed by atoms with Gasteiger partial charge in [-0.15, -0.1) is 0 Å². The summed E-state index contributed by atoms with van der Waals surface area (Å²) in [4.78, 5) is 0. The Hall–Kier alpha value is -1.50. The van der Waals surface area contributed by atoms with Crippen LogP contribution in [0.3, 0.4) is 0 Å². The molecule has 2 aromatic carbocycles. The third kappa shape index (κ3) is 4.28. The maximum Gasteiger partial charge on any atom is 0.193 e. The molecule has 2 rings (SSSR count). The van der Waals surface area contributed by atoms with E-state index in [2.05, 4.69) is 72.7 Å². The molecule has 0 heterocycles. The van der Waals surface area contributed by atoms with Gasteiger partial charge in [-0.1, -0.05) is 83.3 Å². The predicted molar refractivity (Wildman–Crippen MR) is 106 cm³/mol. The summed E-state index contributed by atoms with van der Waals surface area (Å²) in [6, 6.07) is 9.44. The number of benzene rings is 2. The summed E-state index contributed by atoms with van der Waals surface area (Å²) >= 11 is 0. The molecule has 1 atom stereocenters. The van der Waals surface area contributed by atoms with Crippen molar-refractivity contribution in [3.8, 4) is 0 Å². The molecule has 0 nitrogen and oxygen atoms in total. The van der Waals surface area contributed by atoms with E-state index in [0.29, 0.717) is 0 Å². The Labute approximate surface area is 143 Å². The van der Waals surface area contributed by atoms with Crippen molar-refractivity contribution in [2.24, 2.45) is 5.92 Å². The highest BCUT2D eigenvalue weighted by Gasteiger charge is 2.12. The Bertz CT molecular complexity index is 651. The molecule has 0 N–H and O–H groups in total. The van der Waals surface area contributed by atoms with E-state index < -0.39 is 0 Å². The van der Waals surface area contributed by atoms with Crippen LogP contribution in [0.1, 0.15) is 53.6 Å². The quantitative estimate of drug-likeness (QED) is 0.726. The molecule has 0 aliphatic rings. The smallest absolute Gasteiger partial charge is 0.0728 e. The summed E-state index contributed by atoms with van der Waals surface area (Å²) < 4.78 is 0. The first-order valence-corrected chi connectivity index (χ1v) is 8.97. The Morgan fingerprint density at radius 1 is 0.783 bits per heavy atom. The number of hydrogen-bond donors (Lipinski definition) is 0. The minimum absolute atomic E-state index is 0.765. The van der Waals surface area contributed by atoms with Gasteiger partial charge in [-0.05, 0) is 52.5 Å². The second-order valence-electron chi connectivity index (χ2n) is 7.48. The fraction of sp³-hybridized carbons (Fsp3) is 0.455. The normalized spacial score (nSPS) is 12.3. The fourth-order valence-corrected chi connectivity index (χ4v) is 3.69. The maximum atomic E-state index is 2.41. The average molecular weight is 306 g/mol. The van der Waals surface area contributed by atoms with Crippen molar-refractivity contribution >= 4 is 18.2 Å². The van der Waals surface area contributed by atoms with Gasteiger partial charge in [0.15, 0.2) is 7.28 Å². The lowest BCUT2D eigenvalue weighted by Gasteiger charge is -2.17. The van der Waals surface area contributed by atoms with Crippen LogP contribution in [0.15, 0.2) is 24.3 Å². The van der Waals surface area contributed by atoms with Crippen molar-refractivity contribution in [2.75, 3.05) is 0 Å². The molecule has 0 saturated heterocycles. The van der Waals surface area contributed by atoms with Crippen LogP contribution in [0.4, 0.5) is 0 Å². The van der Waals surface area contributed by atoms with Gasteiger partial charge < -0.3 is 0 Å². The highest BCUT2D eigenvalue weighted by Crippen LogP contribution is 2.14. The second-order valence-corrected chi connectivity index (χ2v) is 7.48. The number of aryl methyl sites for hydroxylation is 5. The molecule has 1 unspecified atom stereocenters. The number of rotatable bonds is 5. The van der Waals surface area contributed by atoms with E-state index in [4.69, 9.17) is 0 Å². The molecule has 122 valence electrons. The molecule has 0 aliphatic heterocycles. The van der Waals surface area contributed by atoms with E-state index in [9.17, 15) is 0 Å². The molecule has 1 heteroatoms. The molecule has 0 amide bonds. The lowest BCUT2D eigenvalue weighted by Crippen LogP contribution is -2.34. The molecule has 2 aromatic rings. The first-order chi connectivity index (χ1) is 10.8. The fourth-order valence-electron chi connectivity index (χ4n) is 3.69. The average Bonchev–Trinajstić information content (AvgIpc) is 2.44. The second kappa shape index (κ2) is 7.38. The van der Waals surface area contributed by atoms with Gasteiger partial charge in [-0.25, -0.2) is 0 Å². The molecule has 0 saturated carbocycles. The largest absolute Gasteiger partial charge is 0.193 e. The van der Waals surface area contributed by atoms with Gasteiger partial charge in [0.25, 0.3) is 0 Å². The van der Waals surface area contributed by atoms with Crippen LogP contribution in [0, 0.1) is 40.5 Å². The van der Waals surface area contributed by atoms with Crippen molar-refractivity contribution < 1.29 is 0 Å². The zero-order valence-corrected chi connectivity index (χ0v) is 16.0. The molecule has 0 radical (unpaired) electrons. The lowest BCUT2D eigenvalue weighted by atomic mass is 9.58. The summed E-state index contributed by atoms with van der Waals surface area (Å²) in [5.74, 6) is 0.765. The standard InChI is InChI=1S/C22H31B/c1-8-14(2)11-20-12-18(6)22(19(7)13-20)23-21-16(4)9-15(3)10-17(21)5/h9-10,12-14,23H,8,11H2,1-7H3. The van der Waals surface area contributed by atoms with Crippen molar-refractivity contribution in [3.63, 3.8) is 0 Å². The molecule has 0 bridgehead atoms. The molecule has 0 spiro atoms. The molecule has 0 aliphatic carbocycles. The van der Waals surface area contributed by atoms with Crippen LogP contribution in [0.5, 0.6) is 0 Å². The summed E-state index contributed by atoms with van der Waals surface area (Å²) in [5, 5.41) is 0. The first-order valence-electron chi connectivity index (χ1n) is 8.97.